The summed E-state index contributed by atoms with van der Waals surface area (Å²) in [6.45, 7) is 2.35. The summed E-state index contributed by atoms with van der Waals surface area (Å²) in [6.07, 6.45) is 0. The Bertz CT molecular complexity index is 298. The Labute approximate surface area is 89.5 Å². The molecule has 1 rings (SSSR count). The summed E-state index contributed by atoms with van der Waals surface area (Å²) in [5.74, 6) is -0.0702. The fourth-order valence-electron chi connectivity index (χ4n) is 0.790. The van der Waals surface area contributed by atoms with Crippen LogP contribution < -0.4 is 11.1 Å². The van der Waals surface area contributed by atoms with Crippen LogP contribution in [0, 0.1) is 0 Å². The van der Waals surface area contributed by atoms with Gasteiger partial charge in [-0.2, -0.15) is 0 Å². The SMILES string of the molecule is CC(N)CNC(=O)c1sccc1Br. The number of rotatable bonds is 3. The van der Waals surface area contributed by atoms with Crippen LogP contribution in [0.25, 0.3) is 0 Å². The second-order valence-electron chi connectivity index (χ2n) is 2.78. The van der Waals surface area contributed by atoms with E-state index in [-0.39, 0.29) is 11.9 Å². The van der Waals surface area contributed by atoms with E-state index in [2.05, 4.69) is 21.2 Å². The van der Waals surface area contributed by atoms with Crippen LogP contribution in [-0.4, -0.2) is 18.5 Å². The van der Waals surface area contributed by atoms with Crippen molar-refractivity contribution in [2.75, 3.05) is 6.54 Å². The molecule has 0 aliphatic carbocycles. The number of nitrogens with one attached hydrogen (secondary N) is 1. The molecule has 0 radical (unpaired) electrons. The third kappa shape index (κ3) is 3.10. The molecule has 0 aromatic carbocycles. The highest BCUT2D eigenvalue weighted by Gasteiger charge is 2.10. The molecule has 1 aromatic rings. The molecule has 0 saturated carbocycles. The van der Waals surface area contributed by atoms with E-state index in [1.165, 1.54) is 11.3 Å². The van der Waals surface area contributed by atoms with Crippen LogP contribution in [0.3, 0.4) is 0 Å². The lowest BCUT2D eigenvalue weighted by atomic mass is 10.3. The molecule has 1 aromatic heterocycles. The summed E-state index contributed by atoms with van der Waals surface area (Å²) in [4.78, 5) is 12.1. The Kier molecular flexibility index (Phi) is 3.90. The third-order valence-electron chi connectivity index (χ3n) is 1.41. The Hall–Kier alpha value is -0.390. The van der Waals surface area contributed by atoms with E-state index in [1.54, 1.807) is 0 Å². The standard InChI is InChI=1S/C8H11BrN2OS/c1-5(10)4-11-8(12)7-6(9)2-3-13-7/h2-3,5H,4,10H2,1H3,(H,11,12). The lowest BCUT2D eigenvalue weighted by molar-refractivity contribution is 0.0955. The Morgan fingerprint density at radius 2 is 2.54 bits per heavy atom. The van der Waals surface area contributed by atoms with Crippen LogP contribution in [0.2, 0.25) is 0 Å². The zero-order valence-corrected chi connectivity index (χ0v) is 9.61. The number of halogens is 1. The van der Waals surface area contributed by atoms with E-state index in [9.17, 15) is 4.79 Å². The lowest BCUT2D eigenvalue weighted by Crippen LogP contribution is -2.34. The lowest BCUT2D eigenvalue weighted by Gasteiger charge is -2.06. The number of amides is 1. The molecule has 0 spiro atoms. The van der Waals surface area contributed by atoms with Gasteiger partial charge in [0.1, 0.15) is 4.88 Å². The van der Waals surface area contributed by atoms with Gasteiger partial charge in [-0.15, -0.1) is 11.3 Å². The second kappa shape index (κ2) is 4.74. The summed E-state index contributed by atoms with van der Waals surface area (Å²) in [6, 6.07) is 1.84. The van der Waals surface area contributed by atoms with Gasteiger partial charge in [0.05, 0.1) is 0 Å². The number of thiophene rings is 1. The molecule has 1 amide bonds. The molecule has 1 heterocycles. The minimum atomic E-state index is -0.0702. The van der Waals surface area contributed by atoms with Crippen LogP contribution >= 0.6 is 27.3 Å². The number of nitrogens with two attached hydrogens (primary N) is 1. The van der Waals surface area contributed by atoms with Gasteiger partial charge < -0.3 is 11.1 Å². The Balaban J connectivity index is 2.54. The van der Waals surface area contributed by atoms with Gasteiger partial charge in [0, 0.05) is 17.1 Å². The van der Waals surface area contributed by atoms with E-state index in [1.807, 2.05) is 18.4 Å². The monoisotopic (exact) mass is 262 g/mol. The molecule has 0 bridgehead atoms. The molecule has 1 unspecified atom stereocenters. The van der Waals surface area contributed by atoms with Gasteiger partial charge in [0.15, 0.2) is 0 Å². The number of hydrogen-bond acceptors (Lipinski definition) is 3. The zero-order chi connectivity index (χ0) is 9.84. The van der Waals surface area contributed by atoms with Crippen molar-refractivity contribution in [3.8, 4) is 0 Å². The molecule has 0 saturated heterocycles. The maximum absolute atomic E-state index is 11.4. The van der Waals surface area contributed by atoms with Gasteiger partial charge in [-0.1, -0.05) is 0 Å². The fourth-order valence-corrected chi connectivity index (χ4v) is 2.26. The molecule has 0 aliphatic heterocycles. The summed E-state index contributed by atoms with van der Waals surface area (Å²) < 4.78 is 0.833. The van der Waals surface area contributed by atoms with E-state index in [0.717, 1.165) is 4.47 Å². The summed E-state index contributed by atoms with van der Waals surface area (Å²) >= 11 is 4.70. The zero-order valence-electron chi connectivity index (χ0n) is 7.21. The summed E-state index contributed by atoms with van der Waals surface area (Å²) in [5.41, 5.74) is 5.51. The maximum atomic E-state index is 11.4. The highest BCUT2D eigenvalue weighted by atomic mass is 79.9. The highest BCUT2D eigenvalue weighted by molar-refractivity contribution is 9.10. The molecule has 1 atom stereocenters. The molecule has 3 N–H and O–H groups in total. The fraction of sp³-hybridized carbons (Fsp3) is 0.375. The van der Waals surface area contributed by atoms with Gasteiger partial charge in [0.25, 0.3) is 5.91 Å². The van der Waals surface area contributed by atoms with Crippen molar-refractivity contribution >= 4 is 33.2 Å². The molecule has 0 fully saturated rings. The van der Waals surface area contributed by atoms with Gasteiger partial charge in [0.2, 0.25) is 0 Å². The van der Waals surface area contributed by atoms with E-state index >= 15 is 0 Å². The van der Waals surface area contributed by atoms with Crippen molar-refractivity contribution in [1.29, 1.82) is 0 Å². The Morgan fingerprint density at radius 3 is 3.00 bits per heavy atom. The summed E-state index contributed by atoms with van der Waals surface area (Å²) in [7, 11) is 0. The smallest absolute Gasteiger partial charge is 0.262 e. The van der Waals surface area contributed by atoms with Crippen LogP contribution in [-0.2, 0) is 0 Å². The largest absolute Gasteiger partial charge is 0.350 e. The molecule has 13 heavy (non-hydrogen) atoms. The topological polar surface area (TPSA) is 55.1 Å². The number of hydrogen-bond donors (Lipinski definition) is 2. The van der Waals surface area contributed by atoms with E-state index in [0.29, 0.717) is 11.4 Å². The molecular weight excluding hydrogens is 252 g/mol. The predicted molar refractivity (Wildman–Crippen MR) is 58.0 cm³/mol. The second-order valence-corrected chi connectivity index (χ2v) is 4.56. The minimum Gasteiger partial charge on any atom is -0.350 e. The van der Waals surface area contributed by atoms with E-state index < -0.39 is 0 Å². The van der Waals surface area contributed by atoms with Gasteiger partial charge in [-0.3, -0.25) is 4.79 Å². The molecule has 0 aliphatic rings. The van der Waals surface area contributed by atoms with Gasteiger partial charge in [-0.25, -0.2) is 0 Å². The van der Waals surface area contributed by atoms with Crippen molar-refractivity contribution in [1.82, 2.24) is 5.32 Å². The van der Waals surface area contributed by atoms with Crippen molar-refractivity contribution < 1.29 is 4.79 Å². The maximum Gasteiger partial charge on any atom is 0.262 e. The van der Waals surface area contributed by atoms with Crippen molar-refractivity contribution in [2.45, 2.75) is 13.0 Å². The predicted octanol–water partition coefficient (Wildman–Crippen LogP) is 1.59. The van der Waals surface area contributed by atoms with Crippen molar-refractivity contribution in [3.63, 3.8) is 0 Å². The van der Waals surface area contributed by atoms with Crippen molar-refractivity contribution in [3.05, 3.63) is 20.8 Å². The first-order valence-electron chi connectivity index (χ1n) is 3.88. The number of carbonyl (C=O) groups excluding carboxylic acids is 1. The van der Waals surface area contributed by atoms with Gasteiger partial charge in [-0.05, 0) is 34.3 Å². The first-order chi connectivity index (χ1) is 6.11. The summed E-state index contributed by atoms with van der Waals surface area (Å²) in [5, 5.41) is 4.61. The van der Waals surface area contributed by atoms with Crippen LogP contribution in [0.1, 0.15) is 16.6 Å². The molecule has 3 nitrogen and oxygen atoms in total. The average molecular weight is 263 g/mol. The third-order valence-corrected chi connectivity index (χ3v) is 3.24. The van der Waals surface area contributed by atoms with Crippen molar-refractivity contribution in [2.24, 2.45) is 5.73 Å². The molecular formula is C8H11BrN2OS. The van der Waals surface area contributed by atoms with Gasteiger partial charge >= 0.3 is 0 Å². The molecule has 72 valence electrons. The normalized spacial score (nSPS) is 12.5. The highest BCUT2D eigenvalue weighted by Crippen LogP contribution is 2.22. The first-order valence-corrected chi connectivity index (χ1v) is 5.55. The van der Waals surface area contributed by atoms with Crippen LogP contribution in [0.15, 0.2) is 15.9 Å². The van der Waals surface area contributed by atoms with Crippen LogP contribution in [0.5, 0.6) is 0 Å². The Morgan fingerprint density at radius 1 is 1.85 bits per heavy atom. The quantitative estimate of drug-likeness (QED) is 0.870. The minimum absolute atomic E-state index is 0.0114. The number of carbonyl (C=O) groups is 1. The first kappa shape index (κ1) is 10.7. The van der Waals surface area contributed by atoms with E-state index in [4.69, 9.17) is 5.73 Å². The molecule has 5 heteroatoms. The van der Waals surface area contributed by atoms with Crippen LogP contribution in [0.4, 0.5) is 0 Å². The average Bonchev–Trinajstić information content (AvgIpc) is 2.47.